The average molecular weight is 265 g/mol. The summed E-state index contributed by atoms with van der Waals surface area (Å²) < 4.78 is 13.2. The summed E-state index contributed by atoms with van der Waals surface area (Å²) in [6.07, 6.45) is 4.83. The monoisotopic (exact) mass is 265 g/mol. The Balaban J connectivity index is 1.84. The molecule has 1 unspecified atom stereocenters. The number of halogens is 1. The molecule has 5 heteroatoms. The Bertz CT molecular complexity index is 454. The zero-order chi connectivity index (χ0) is 13.2. The molecule has 2 aliphatic heterocycles. The quantitative estimate of drug-likeness (QED) is 0.877. The lowest BCUT2D eigenvalue weighted by molar-refractivity contribution is 0.272. The van der Waals surface area contributed by atoms with Gasteiger partial charge in [0.15, 0.2) is 0 Å². The van der Waals surface area contributed by atoms with Crippen molar-refractivity contribution >= 4 is 5.82 Å². The average Bonchev–Trinajstić information content (AvgIpc) is 2.76. The standard InChI is InChI=1S/C14H20FN3O/c15-12-7-11(10-19)14(16-8-12)18-6-2-5-17-4-1-3-13(17)9-18/h7-8,13,19H,1-6,9-10H2. The molecule has 0 bridgehead atoms. The molecule has 3 heterocycles. The largest absolute Gasteiger partial charge is 0.392 e. The molecule has 104 valence electrons. The lowest BCUT2D eigenvalue weighted by Gasteiger charge is -2.27. The Morgan fingerprint density at radius 3 is 3.00 bits per heavy atom. The minimum absolute atomic E-state index is 0.162. The van der Waals surface area contributed by atoms with Crippen molar-refractivity contribution < 1.29 is 9.50 Å². The van der Waals surface area contributed by atoms with Crippen LogP contribution in [-0.2, 0) is 6.61 Å². The molecule has 2 fully saturated rings. The van der Waals surface area contributed by atoms with E-state index < -0.39 is 0 Å². The van der Waals surface area contributed by atoms with Crippen LogP contribution in [0, 0.1) is 5.82 Å². The number of rotatable bonds is 2. The van der Waals surface area contributed by atoms with Gasteiger partial charge in [0, 0.05) is 31.2 Å². The van der Waals surface area contributed by atoms with Gasteiger partial charge in [0.25, 0.3) is 0 Å². The molecule has 1 aromatic heterocycles. The van der Waals surface area contributed by atoms with Crippen LogP contribution in [0.2, 0.25) is 0 Å². The third kappa shape index (κ3) is 2.58. The molecule has 0 aliphatic carbocycles. The van der Waals surface area contributed by atoms with Crippen molar-refractivity contribution in [2.75, 3.05) is 31.1 Å². The predicted molar refractivity (Wildman–Crippen MR) is 71.5 cm³/mol. The number of nitrogens with zero attached hydrogens (tertiary/aromatic N) is 3. The van der Waals surface area contributed by atoms with Gasteiger partial charge < -0.3 is 10.0 Å². The summed E-state index contributed by atoms with van der Waals surface area (Å²) in [6.45, 7) is 4.04. The number of fused-ring (bicyclic) bond motifs is 1. The van der Waals surface area contributed by atoms with Crippen molar-refractivity contribution in [3.8, 4) is 0 Å². The molecule has 0 saturated carbocycles. The summed E-state index contributed by atoms with van der Waals surface area (Å²) in [6, 6.07) is 1.97. The van der Waals surface area contributed by atoms with Crippen molar-refractivity contribution in [1.82, 2.24) is 9.88 Å². The first-order valence-electron chi connectivity index (χ1n) is 7.02. The van der Waals surface area contributed by atoms with E-state index in [1.54, 1.807) is 0 Å². The topological polar surface area (TPSA) is 39.6 Å². The third-order valence-corrected chi connectivity index (χ3v) is 4.18. The molecule has 0 amide bonds. The van der Waals surface area contributed by atoms with Crippen molar-refractivity contribution in [2.45, 2.75) is 31.9 Å². The summed E-state index contributed by atoms with van der Waals surface area (Å²) in [5.74, 6) is 0.364. The van der Waals surface area contributed by atoms with Crippen molar-refractivity contribution in [2.24, 2.45) is 0 Å². The second-order valence-electron chi connectivity index (χ2n) is 5.43. The van der Waals surface area contributed by atoms with Crippen molar-refractivity contribution in [3.05, 3.63) is 23.6 Å². The number of hydrogen-bond acceptors (Lipinski definition) is 4. The minimum atomic E-state index is -0.384. The SMILES string of the molecule is OCc1cc(F)cnc1N1CCCN2CCCC2C1. The highest BCUT2D eigenvalue weighted by molar-refractivity contribution is 5.47. The number of aliphatic hydroxyl groups excluding tert-OH is 1. The number of pyridine rings is 1. The van der Waals surface area contributed by atoms with Crippen LogP contribution in [0.25, 0.3) is 0 Å². The van der Waals surface area contributed by atoms with E-state index in [2.05, 4.69) is 14.8 Å². The molecule has 0 spiro atoms. The predicted octanol–water partition coefficient (Wildman–Crippen LogP) is 1.39. The van der Waals surface area contributed by atoms with Crippen LogP contribution in [0.5, 0.6) is 0 Å². The molecule has 1 atom stereocenters. The lowest BCUT2D eigenvalue weighted by Crippen LogP contribution is -2.37. The number of aliphatic hydroxyl groups is 1. The maximum Gasteiger partial charge on any atom is 0.142 e. The normalized spacial score (nSPS) is 24.3. The Kier molecular flexibility index (Phi) is 3.66. The molecule has 1 N–H and O–H groups in total. The molecule has 1 aromatic rings. The van der Waals surface area contributed by atoms with E-state index in [0.717, 1.165) is 31.9 Å². The fraction of sp³-hybridized carbons (Fsp3) is 0.643. The number of hydrogen-bond donors (Lipinski definition) is 1. The Hall–Kier alpha value is -1.20. The highest BCUT2D eigenvalue weighted by Crippen LogP contribution is 2.26. The van der Waals surface area contributed by atoms with E-state index in [0.29, 0.717) is 11.6 Å². The van der Waals surface area contributed by atoms with Gasteiger partial charge in [0.05, 0.1) is 12.8 Å². The van der Waals surface area contributed by atoms with Crippen LogP contribution in [-0.4, -0.2) is 47.2 Å². The second kappa shape index (κ2) is 5.43. The van der Waals surface area contributed by atoms with Crippen LogP contribution in [0.3, 0.4) is 0 Å². The minimum Gasteiger partial charge on any atom is -0.392 e. The van der Waals surface area contributed by atoms with Gasteiger partial charge in [-0.25, -0.2) is 9.37 Å². The highest BCUT2D eigenvalue weighted by Gasteiger charge is 2.29. The lowest BCUT2D eigenvalue weighted by atomic mass is 10.2. The number of aromatic nitrogens is 1. The summed E-state index contributed by atoms with van der Waals surface area (Å²) >= 11 is 0. The van der Waals surface area contributed by atoms with Crippen LogP contribution in [0.1, 0.15) is 24.8 Å². The fourth-order valence-corrected chi connectivity index (χ4v) is 3.27. The van der Waals surface area contributed by atoms with Crippen molar-refractivity contribution in [1.29, 1.82) is 0 Å². The van der Waals surface area contributed by atoms with Gasteiger partial charge in [-0.05, 0) is 31.9 Å². The first-order chi connectivity index (χ1) is 9.28. The van der Waals surface area contributed by atoms with Gasteiger partial charge in [0.1, 0.15) is 11.6 Å². The van der Waals surface area contributed by atoms with E-state index in [9.17, 15) is 9.50 Å². The molecular weight excluding hydrogens is 245 g/mol. The maximum absolute atomic E-state index is 13.2. The van der Waals surface area contributed by atoms with Crippen molar-refractivity contribution in [3.63, 3.8) is 0 Å². The Labute approximate surface area is 112 Å². The van der Waals surface area contributed by atoms with E-state index in [1.807, 2.05) is 0 Å². The fourth-order valence-electron chi connectivity index (χ4n) is 3.27. The summed E-state index contributed by atoms with van der Waals surface area (Å²) in [5.41, 5.74) is 0.589. The summed E-state index contributed by atoms with van der Waals surface area (Å²) in [7, 11) is 0. The van der Waals surface area contributed by atoms with Gasteiger partial charge in [-0.2, -0.15) is 0 Å². The van der Waals surface area contributed by atoms with E-state index in [4.69, 9.17) is 0 Å². The number of anilines is 1. The van der Waals surface area contributed by atoms with Gasteiger partial charge in [0.2, 0.25) is 0 Å². The molecule has 0 radical (unpaired) electrons. The first kappa shape index (κ1) is 12.8. The molecule has 2 saturated heterocycles. The summed E-state index contributed by atoms with van der Waals surface area (Å²) in [5, 5.41) is 9.39. The van der Waals surface area contributed by atoms with E-state index in [-0.39, 0.29) is 12.4 Å². The molecule has 0 aromatic carbocycles. The smallest absolute Gasteiger partial charge is 0.142 e. The molecule has 3 rings (SSSR count). The zero-order valence-electron chi connectivity index (χ0n) is 11.1. The van der Waals surface area contributed by atoms with E-state index in [1.165, 1.54) is 31.6 Å². The second-order valence-corrected chi connectivity index (χ2v) is 5.43. The Morgan fingerprint density at radius 2 is 2.16 bits per heavy atom. The molecular formula is C14H20FN3O. The Morgan fingerprint density at radius 1 is 1.32 bits per heavy atom. The summed E-state index contributed by atoms with van der Waals surface area (Å²) in [4.78, 5) is 8.95. The molecule has 19 heavy (non-hydrogen) atoms. The van der Waals surface area contributed by atoms with Gasteiger partial charge in [-0.1, -0.05) is 0 Å². The van der Waals surface area contributed by atoms with Gasteiger partial charge in [-0.3, -0.25) is 4.90 Å². The van der Waals surface area contributed by atoms with Gasteiger partial charge >= 0.3 is 0 Å². The highest BCUT2D eigenvalue weighted by atomic mass is 19.1. The van der Waals surface area contributed by atoms with Gasteiger partial charge in [-0.15, -0.1) is 0 Å². The maximum atomic E-state index is 13.2. The molecule has 2 aliphatic rings. The van der Waals surface area contributed by atoms with Crippen LogP contribution in [0.4, 0.5) is 10.2 Å². The van der Waals surface area contributed by atoms with Crippen LogP contribution in [0.15, 0.2) is 12.3 Å². The van der Waals surface area contributed by atoms with E-state index >= 15 is 0 Å². The zero-order valence-corrected chi connectivity index (χ0v) is 11.1. The third-order valence-electron chi connectivity index (χ3n) is 4.18. The molecule has 4 nitrogen and oxygen atoms in total. The van der Waals surface area contributed by atoms with Crippen LogP contribution >= 0.6 is 0 Å². The van der Waals surface area contributed by atoms with Crippen LogP contribution < -0.4 is 4.90 Å². The first-order valence-corrected chi connectivity index (χ1v) is 7.02.